The van der Waals surface area contributed by atoms with Crippen molar-refractivity contribution in [1.82, 2.24) is 10.6 Å². The molecule has 0 aliphatic rings. The Hall–Kier alpha value is -1.12. The van der Waals surface area contributed by atoms with Gasteiger partial charge in [0.05, 0.1) is 0 Å². The lowest BCUT2D eigenvalue weighted by Gasteiger charge is -2.16. The van der Waals surface area contributed by atoms with Crippen molar-refractivity contribution < 1.29 is 13.5 Å². The molecule has 0 bridgehead atoms. The molecule has 1 rings (SSSR count). The molecule has 7 heteroatoms. The van der Waals surface area contributed by atoms with Crippen LogP contribution in [0.5, 0.6) is 5.75 Å². The van der Waals surface area contributed by atoms with Gasteiger partial charge in [-0.3, -0.25) is 4.99 Å². The molecular formula is C15H24F2IN3O. The summed E-state index contributed by atoms with van der Waals surface area (Å²) in [5, 5.41) is 6.43. The number of hydrogen-bond acceptors (Lipinski definition) is 2. The maximum Gasteiger partial charge on any atom is 0.272 e. The zero-order valence-corrected chi connectivity index (χ0v) is 15.4. The molecule has 0 fully saturated rings. The number of hydrogen-bond donors (Lipinski definition) is 2. The molecule has 1 atom stereocenters. The molecule has 0 heterocycles. The molecule has 4 nitrogen and oxygen atoms in total. The SMILES string of the molecule is CCC(C)NC(=NC)NCc1cccc(OCC(F)F)c1.I. The molecule has 0 aromatic heterocycles. The molecule has 0 radical (unpaired) electrons. The number of benzene rings is 1. The summed E-state index contributed by atoms with van der Waals surface area (Å²) in [5.41, 5.74) is 0.939. The summed E-state index contributed by atoms with van der Waals surface area (Å²) in [4.78, 5) is 4.14. The van der Waals surface area contributed by atoms with Crippen molar-refractivity contribution in [2.45, 2.75) is 39.3 Å². The molecule has 0 aliphatic carbocycles. The minimum Gasteiger partial charge on any atom is -0.488 e. The average molecular weight is 427 g/mol. The monoisotopic (exact) mass is 427 g/mol. The first-order valence-corrected chi connectivity index (χ1v) is 7.02. The summed E-state index contributed by atoms with van der Waals surface area (Å²) >= 11 is 0. The Labute approximate surface area is 147 Å². The first-order valence-electron chi connectivity index (χ1n) is 7.02. The first-order chi connectivity index (χ1) is 10.0. The van der Waals surface area contributed by atoms with E-state index in [4.69, 9.17) is 4.74 Å². The van der Waals surface area contributed by atoms with Gasteiger partial charge in [0.2, 0.25) is 0 Å². The Kier molecular flexibility index (Phi) is 10.9. The third-order valence-electron chi connectivity index (χ3n) is 2.95. The van der Waals surface area contributed by atoms with E-state index in [0.29, 0.717) is 24.3 Å². The second-order valence-electron chi connectivity index (χ2n) is 4.73. The van der Waals surface area contributed by atoms with Gasteiger partial charge in [-0.2, -0.15) is 0 Å². The summed E-state index contributed by atoms with van der Waals surface area (Å²) in [6.45, 7) is 4.12. The van der Waals surface area contributed by atoms with Gasteiger partial charge in [0.15, 0.2) is 5.96 Å². The van der Waals surface area contributed by atoms with E-state index in [0.717, 1.165) is 12.0 Å². The minimum absolute atomic E-state index is 0. The van der Waals surface area contributed by atoms with Gasteiger partial charge < -0.3 is 15.4 Å². The van der Waals surface area contributed by atoms with Crippen LogP contribution in [0.1, 0.15) is 25.8 Å². The van der Waals surface area contributed by atoms with E-state index in [9.17, 15) is 8.78 Å². The molecule has 0 aliphatic heterocycles. The summed E-state index contributed by atoms with van der Waals surface area (Å²) in [6.07, 6.45) is -1.47. The van der Waals surface area contributed by atoms with Gasteiger partial charge in [0, 0.05) is 19.6 Å². The Balaban J connectivity index is 0.00000441. The summed E-state index contributed by atoms with van der Waals surface area (Å²) < 4.78 is 29.2. The number of alkyl halides is 2. The van der Waals surface area contributed by atoms with Gasteiger partial charge in [-0.05, 0) is 31.0 Å². The van der Waals surface area contributed by atoms with Crippen molar-refractivity contribution in [3.63, 3.8) is 0 Å². The van der Waals surface area contributed by atoms with Crippen molar-refractivity contribution in [3.8, 4) is 5.75 Å². The Morgan fingerprint density at radius 1 is 1.36 bits per heavy atom. The molecule has 1 aromatic carbocycles. The molecule has 0 spiro atoms. The molecule has 22 heavy (non-hydrogen) atoms. The second kappa shape index (κ2) is 11.4. The number of nitrogens with zero attached hydrogens (tertiary/aromatic N) is 1. The largest absolute Gasteiger partial charge is 0.488 e. The van der Waals surface area contributed by atoms with E-state index >= 15 is 0 Å². The molecule has 0 saturated heterocycles. The van der Waals surface area contributed by atoms with Crippen LogP contribution in [0, 0.1) is 0 Å². The fourth-order valence-corrected chi connectivity index (χ4v) is 1.62. The van der Waals surface area contributed by atoms with E-state index in [1.54, 1.807) is 25.2 Å². The summed E-state index contributed by atoms with van der Waals surface area (Å²) in [6, 6.07) is 7.42. The lowest BCUT2D eigenvalue weighted by atomic mass is 10.2. The van der Waals surface area contributed by atoms with Gasteiger partial charge in [0.1, 0.15) is 12.4 Å². The van der Waals surface area contributed by atoms with Crippen molar-refractivity contribution in [2.24, 2.45) is 4.99 Å². The van der Waals surface area contributed by atoms with E-state index < -0.39 is 13.0 Å². The van der Waals surface area contributed by atoms with Crippen molar-refractivity contribution in [1.29, 1.82) is 0 Å². The summed E-state index contributed by atoms with van der Waals surface area (Å²) in [5.74, 6) is 1.16. The molecule has 0 amide bonds. The standard InChI is InChI=1S/C15H23F2N3O.HI/c1-4-11(2)20-15(18-3)19-9-12-6-5-7-13(8-12)21-10-14(16)17;/h5-8,11,14H,4,9-10H2,1-3H3,(H2,18,19,20);1H. The average Bonchev–Trinajstić information content (AvgIpc) is 2.49. The zero-order chi connectivity index (χ0) is 15.7. The van der Waals surface area contributed by atoms with Crippen molar-refractivity contribution in [3.05, 3.63) is 29.8 Å². The first kappa shape index (κ1) is 20.9. The zero-order valence-electron chi connectivity index (χ0n) is 13.1. The highest BCUT2D eigenvalue weighted by Gasteiger charge is 2.05. The molecule has 1 aromatic rings. The van der Waals surface area contributed by atoms with Gasteiger partial charge in [-0.15, -0.1) is 24.0 Å². The van der Waals surface area contributed by atoms with Crippen LogP contribution in [0.15, 0.2) is 29.3 Å². The van der Waals surface area contributed by atoms with Gasteiger partial charge >= 0.3 is 0 Å². The Morgan fingerprint density at radius 2 is 2.09 bits per heavy atom. The number of aliphatic imine (C=N–C) groups is 1. The van der Waals surface area contributed by atoms with Crippen LogP contribution in [0.25, 0.3) is 0 Å². The lowest BCUT2D eigenvalue weighted by Crippen LogP contribution is -2.41. The maximum absolute atomic E-state index is 12.1. The highest BCUT2D eigenvalue weighted by atomic mass is 127. The smallest absolute Gasteiger partial charge is 0.272 e. The van der Waals surface area contributed by atoms with E-state index in [1.807, 2.05) is 6.07 Å². The van der Waals surface area contributed by atoms with Crippen LogP contribution in [0.3, 0.4) is 0 Å². The van der Waals surface area contributed by atoms with E-state index in [-0.39, 0.29) is 24.0 Å². The second-order valence-corrected chi connectivity index (χ2v) is 4.73. The van der Waals surface area contributed by atoms with Gasteiger partial charge in [-0.25, -0.2) is 8.78 Å². The van der Waals surface area contributed by atoms with Crippen LogP contribution in [0.2, 0.25) is 0 Å². The third kappa shape index (κ3) is 8.35. The molecule has 0 saturated carbocycles. The number of ether oxygens (including phenoxy) is 1. The molecule has 1 unspecified atom stereocenters. The number of nitrogens with one attached hydrogen (secondary N) is 2. The number of rotatable bonds is 7. The minimum atomic E-state index is -2.47. The summed E-state index contributed by atoms with van der Waals surface area (Å²) in [7, 11) is 1.71. The van der Waals surface area contributed by atoms with Gasteiger partial charge in [0.25, 0.3) is 6.43 Å². The normalized spacial score (nSPS) is 12.5. The van der Waals surface area contributed by atoms with Crippen molar-refractivity contribution >= 4 is 29.9 Å². The highest BCUT2D eigenvalue weighted by molar-refractivity contribution is 14.0. The molecular weight excluding hydrogens is 403 g/mol. The third-order valence-corrected chi connectivity index (χ3v) is 2.95. The predicted octanol–water partition coefficient (Wildman–Crippen LogP) is 3.41. The van der Waals surface area contributed by atoms with E-state index in [1.165, 1.54) is 0 Å². The fourth-order valence-electron chi connectivity index (χ4n) is 1.62. The van der Waals surface area contributed by atoms with Crippen molar-refractivity contribution in [2.75, 3.05) is 13.7 Å². The number of guanidine groups is 1. The maximum atomic E-state index is 12.1. The molecule has 2 N–H and O–H groups in total. The van der Waals surface area contributed by atoms with Crippen LogP contribution in [0.4, 0.5) is 8.78 Å². The quantitative estimate of drug-likeness (QED) is 0.399. The number of halogens is 3. The fraction of sp³-hybridized carbons (Fsp3) is 0.533. The predicted molar refractivity (Wildman–Crippen MR) is 96.4 cm³/mol. The lowest BCUT2D eigenvalue weighted by molar-refractivity contribution is 0.0818. The van der Waals surface area contributed by atoms with Crippen LogP contribution < -0.4 is 15.4 Å². The van der Waals surface area contributed by atoms with Crippen LogP contribution in [-0.2, 0) is 6.54 Å². The topological polar surface area (TPSA) is 45.7 Å². The Bertz CT molecular complexity index is 458. The Morgan fingerprint density at radius 3 is 2.68 bits per heavy atom. The highest BCUT2D eigenvalue weighted by Crippen LogP contribution is 2.14. The van der Waals surface area contributed by atoms with Crippen LogP contribution in [-0.4, -0.2) is 32.1 Å². The van der Waals surface area contributed by atoms with Gasteiger partial charge in [-0.1, -0.05) is 19.1 Å². The van der Waals surface area contributed by atoms with E-state index in [2.05, 4.69) is 29.5 Å². The van der Waals surface area contributed by atoms with Crippen LogP contribution >= 0.6 is 24.0 Å². The molecule has 126 valence electrons.